The molecule has 0 bridgehead atoms. The van der Waals surface area contributed by atoms with E-state index in [-0.39, 0.29) is 6.16 Å². The minimum atomic E-state index is -4.17. The maximum atomic E-state index is 9.70. The molecule has 0 fully saturated rings. The second-order valence-corrected chi connectivity index (χ2v) is 3.25. The molecule has 0 unspecified atom stereocenters. The molecule has 0 radical (unpaired) electrons. The van der Waals surface area contributed by atoms with Crippen molar-refractivity contribution in [2.24, 2.45) is 0 Å². The summed E-state index contributed by atoms with van der Waals surface area (Å²) in [6.07, 6.45) is -2.13. The van der Waals surface area contributed by atoms with E-state index in [0.717, 1.165) is 0 Å². The topological polar surface area (TPSA) is 126 Å². The van der Waals surface area contributed by atoms with Gasteiger partial charge in [0.15, 0.2) is 0 Å². The van der Waals surface area contributed by atoms with E-state index < -0.39 is 13.8 Å². The number of hydrogen-bond acceptors (Lipinski definition) is 6. The van der Waals surface area contributed by atoms with Crippen LogP contribution >= 0.6 is 7.60 Å². The maximum absolute atomic E-state index is 9.70. The summed E-state index contributed by atoms with van der Waals surface area (Å²) in [5, 5.41) is 16.7. The van der Waals surface area contributed by atoms with E-state index in [1.54, 1.807) is 6.92 Å². The molecule has 0 aromatic heterocycles. The lowest BCUT2D eigenvalue weighted by Gasteiger charge is -2.28. The predicted molar refractivity (Wildman–Crippen MR) is 28.2 cm³/mol. The van der Waals surface area contributed by atoms with Crippen LogP contribution in [0.3, 0.4) is 0 Å². The van der Waals surface area contributed by atoms with E-state index in [2.05, 4.69) is 0 Å². The lowest BCUT2D eigenvalue weighted by molar-refractivity contribution is -0.415. The van der Waals surface area contributed by atoms with Gasteiger partial charge in [-0.2, -0.15) is 0 Å². The largest absolute Gasteiger partial charge is 0.811 e. The minimum absolute atomic E-state index is 0.215. The molecule has 0 aromatic carbocycles. The van der Waals surface area contributed by atoms with Gasteiger partial charge in [0.2, 0.25) is 0 Å². The Bertz CT molecular complexity index is 145. The molecule has 7 heteroatoms. The zero-order valence-electron chi connectivity index (χ0n) is 5.81. The fourth-order valence-corrected chi connectivity index (χ4v) is 0.822. The summed E-state index contributed by atoms with van der Waals surface area (Å²) in [5.41, 5.74) is 0. The Morgan fingerprint density at radius 1 is 1.36 bits per heavy atom. The summed E-state index contributed by atoms with van der Waals surface area (Å²) < 4.78 is 9.70. The van der Waals surface area contributed by atoms with E-state index in [9.17, 15) is 14.4 Å². The number of carbonyl (C=O) groups is 1. The minimum Gasteiger partial charge on any atom is -0.811 e. The standard InChI is InChI=1S/C3H9O3P.CH2O3/c1-2-3-7(4,5)6;2-1(3)4/h2-3H2,1H3,(H2,4,5,6);(H2,2,3,4)/p-4. The van der Waals surface area contributed by atoms with E-state index in [0.29, 0.717) is 6.42 Å². The highest BCUT2D eigenvalue weighted by molar-refractivity contribution is 7.48. The van der Waals surface area contributed by atoms with Crippen LogP contribution in [0.15, 0.2) is 0 Å². The Balaban J connectivity index is 0. The molecule has 0 spiro atoms. The van der Waals surface area contributed by atoms with Gasteiger partial charge in [0.05, 0.1) is 0 Å². The monoisotopic (exact) mass is 182 g/mol. The molecule has 0 saturated heterocycles. The Morgan fingerprint density at radius 2 is 1.64 bits per heavy atom. The quantitative estimate of drug-likeness (QED) is 0.415. The van der Waals surface area contributed by atoms with Gasteiger partial charge in [-0.15, -0.1) is 0 Å². The molecular weight excluding hydrogens is 175 g/mol. The summed E-state index contributed by atoms with van der Waals surface area (Å²) in [6.45, 7) is 1.66. The van der Waals surface area contributed by atoms with Gasteiger partial charge in [-0.3, -0.25) is 0 Å². The van der Waals surface area contributed by atoms with E-state index in [1.807, 2.05) is 0 Å². The number of hydrogen-bond donors (Lipinski definition) is 0. The highest BCUT2D eigenvalue weighted by Gasteiger charge is 1.83. The van der Waals surface area contributed by atoms with Gasteiger partial charge in [-0.25, -0.2) is 0 Å². The van der Waals surface area contributed by atoms with Crippen LogP contribution in [0, 0.1) is 0 Å². The Hall–Kier alpha value is -0.580. The van der Waals surface area contributed by atoms with Crippen molar-refractivity contribution < 1.29 is 29.4 Å². The van der Waals surface area contributed by atoms with Crippen LogP contribution < -0.4 is 20.0 Å². The van der Waals surface area contributed by atoms with Crippen molar-refractivity contribution in [1.29, 1.82) is 0 Å². The zero-order valence-corrected chi connectivity index (χ0v) is 6.71. The Morgan fingerprint density at radius 3 is 1.64 bits per heavy atom. The summed E-state index contributed by atoms with van der Waals surface area (Å²) >= 11 is 0. The van der Waals surface area contributed by atoms with Crippen molar-refractivity contribution in [1.82, 2.24) is 0 Å². The second-order valence-electron chi connectivity index (χ2n) is 1.58. The SMILES string of the molecule is CCCP(=O)([O-])[O-].O=C([O-])[O-]. The Kier molecular flexibility index (Phi) is 7.29. The number of carbonyl (C=O) groups excluding carboxylic acids is 1. The van der Waals surface area contributed by atoms with Gasteiger partial charge in [0, 0.05) is 0 Å². The van der Waals surface area contributed by atoms with Gasteiger partial charge in [-0.05, 0) is 12.3 Å². The number of rotatable bonds is 2. The normalized spacial score (nSPS) is 9.73. The van der Waals surface area contributed by atoms with Crippen LogP contribution in [0.1, 0.15) is 13.3 Å². The smallest absolute Gasteiger partial charge is 0.0253 e. The van der Waals surface area contributed by atoms with Crippen LogP contribution in [0.4, 0.5) is 4.79 Å². The average molecular weight is 182 g/mol. The molecule has 6 nitrogen and oxygen atoms in total. The molecule has 11 heavy (non-hydrogen) atoms. The van der Waals surface area contributed by atoms with E-state index in [1.165, 1.54) is 0 Å². The highest BCUT2D eigenvalue weighted by Crippen LogP contribution is 2.22. The van der Waals surface area contributed by atoms with Gasteiger partial charge < -0.3 is 29.4 Å². The highest BCUT2D eigenvalue weighted by atomic mass is 31.2. The molecule has 0 saturated carbocycles. The zero-order chi connectivity index (χ0) is 9.49. The lowest BCUT2D eigenvalue weighted by Crippen LogP contribution is -2.37. The van der Waals surface area contributed by atoms with Gasteiger partial charge >= 0.3 is 0 Å². The van der Waals surface area contributed by atoms with Crippen LogP contribution in [0.25, 0.3) is 0 Å². The van der Waals surface area contributed by atoms with Crippen LogP contribution in [-0.4, -0.2) is 12.3 Å². The van der Waals surface area contributed by atoms with Crippen LogP contribution in [0.5, 0.6) is 0 Å². The number of carboxylic acid groups (broad SMARTS) is 2. The molecule has 0 amide bonds. The summed E-state index contributed by atoms with van der Waals surface area (Å²) in [6, 6.07) is 0. The molecule has 0 atom stereocenters. The third-order valence-electron chi connectivity index (χ3n) is 0.497. The first kappa shape index (κ1) is 13.0. The fraction of sp³-hybridized carbons (Fsp3) is 0.750. The van der Waals surface area contributed by atoms with Crippen molar-refractivity contribution in [2.75, 3.05) is 6.16 Å². The maximum Gasteiger partial charge on any atom is -0.0253 e. The van der Waals surface area contributed by atoms with E-state index in [4.69, 9.17) is 15.0 Å². The van der Waals surface area contributed by atoms with Crippen LogP contribution in [-0.2, 0) is 4.57 Å². The first-order valence-electron chi connectivity index (χ1n) is 2.68. The van der Waals surface area contributed by atoms with Gasteiger partial charge in [0.1, 0.15) is 0 Å². The van der Waals surface area contributed by atoms with Crippen LogP contribution in [0.2, 0.25) is 0 Å². The third-order valence-corrected chi connectivity index (χ3v) is 1.49. The molecule has 0 N–H and O–H groups in total. The summed E-state index contributed by atoms with van der Waals surface area (Å²) in [4.78, 5) is 27.7. The molecule has 0 heterocycles. The molecule has 0 aliphatic rings. The Labute approximate surface area is 63.6 Å². The molecular formula is C4H7O6P-4. The first-order valence-corrected chi connectivity index (χ1v) is 4.41. The summed E-state index contributed by atoms with van der Waals surface area (Å²) in [5.74, 6) is 0. The van der Waals surface area contributed by atoms with Crippen molar-refractivity contribution in [3.63, 3.8) is 0 Å². The van der Waals surface area contributed by atoms with Crippen molar-refractivity contribution in [2.45, 2.75) is 13.3 Å². The third kappa shape index (κ3) is 44.3. The first-order chi connectivity index (χ1) is 4.79. The van der Waals surface area contributed by atoms with Gasteiger partial charge in [0.25, 0.3) is 0 Å². The molecule has 0 rings (SSSR count). The van der Waals surface area contributed by atoms with Crippen molar-refractivity contribution in [3.05, 3.63) is 0 Å². The molecule has 0 aromatic rings. The van der Waals surface area contributed by atoms with E-state index >= 15 is 0 Å². The fourth-order valence-electron chi connectivity index (χ4n) is 0.274. The second kappa shape index (κ2) is 6.15. The lowest BCUT2D eigenvalue weighted by atomic mass is 10.6. The molecule has 0 aliphatic carbocycles. The van der Waals surface area contributed by atoms with Gasteiger partial charge in [-0.1, -0.05) is 20.9 Å². The summed E-state index contributed by atoms with van der Waals surface area (Å²) in [7, 11) is -4.17. The van der Waals surface area contributed by atoms with Crippen molar-refractivity contribution >= 4 is 13.8 Å². The van der Waals surface area contributed by atoms with Crippen molar-refractivity contribution in [3.8, 4) is 0 Å². The molecule has 0 aliphatic heterocycles. The molecule has 68 valence electrons. The predicted octanol–water partition coefficient (Wildman–Crippen LogP) is -3.14. The average Bonchev–Trinajstić information content (AvgIpc) is 1.58.